The zero-order valence-electron chi connectivity index (χ0n) is 15.2. The standard InChI is InChI=1S/C19H20N2O4S2/c1-10-4-6-11(7-5-10)15(22)20-18(26)21-16-14(17(23)24)12-8-19(2,3)25-9-13(12)27-16/h4-7H,8-9H2,1-3H3,(H,23,24)(H2,20,21,22,26). The first-order chi connectivity index (χ1) is 12.7. The molecular formula is C19H20N2O4S2. The lowest BCUT2D eigenvalue weighted by atomic mass is 9.93. The van der Waals surface area contributed by atoms with Gasteiger partial charge in [-0.25, -0.2) is 4.79 Å². The van der Waals surface area contributed by atoms with Crippen molar-refractivity contribution in [3.05, 3.63) is 51.4 Å². The maximum Gasteiger partial charge on any atom is 0.339 e. The van der Waals surface area contributed by atoms with Crippen molar-refractivity contribution < 1.29 is 19.4 Å². The molecule has 6 nitrogen and oxygen atoms in total. The smallest absolute Gasteiger partial charge is 0.339 e. The van der Waals surface area contributed by atoms with E-state index in [2.05, 4.69) is 10.6 Å². The molecule has 0 spiro atoms. The summed E-state index contributed by atoms with van der Waals surface area (Å²) in [5.41, 5.74) is 2.06. The molecule has 0 unspecified atom stereocenters. The Balaban J connectivity index is 1.78. The van der Waals surface area contributed by atoms with Crippen molar-refractivity contribution in [3.63, 3.8) is 0 Å². The number of hydrogen-bond acceptors (Lipinski definition) is 5. The molecule has 3 rings (SSSR count). The molecule has 2 aromatic rings. The Labute approximate surface area is 166 Å². The second-order valence-electron chi connectivity index (χ2n) is 7.01. The van der Waals surface area contributed by atoms with E-state index in [0.717, 1.165) is 16.0 Å². The first-order valence-electron chi connectivity index (χ1n) is 8.37. The van der Waals surface area contributed by atoms with E-state index in [1.165, 1.54) is 11.3 Å². The summed E-state index contributed by atoms with van der Waals surface area (Å²) >= 11 is 6.50. The molecule has 8 heteroatoms. The van der Waals surface area contributed by atoms with Gasteiger partial charge in [0.2, 0.25) is 0 Å². The third kappa shape index (κ3) is 4.35. The van der Waals surface area contributed by atoms with Crippen molar-refractivity contribution in [1.29, 1.82) is 0 Å². The van der Waals surface area contributed by atoms with Gasteiger partial charge in [-0.15, -0.1) is 11.3 Å². The summed E-state index contributed by atoms with van der Waals surface area (Å²) in [6.07, 6.45) is 0.505. The molecule has 2 heterocycles. The number of aromatic carboxylic acids is 1. The Bertz CT molecular complexity index is 917. The summed E-state index contributed by atoms with van der Waals surface area (Å²) in [5.74, 6) is -1.38. The number of hydrogen-bond donors (Lipinski definition) is 3. The highest BCUT2D eigenvalue weighted by Crippen LogP contribution is 2.40. The molecule has 1 aromatic carbocycles. The van der Waals surface area contributed by atoms with Crippen molar-refractivity contribution in [2.75, 3.05) is 5.32 Å². The molecular weight excluding hydrogens is 384 g/mol. The largest absolute Gasteiger partial charge is 0.478 e. The van der Waals surface area contributed by atoms with E-state index in [9.17, 15) is 14.7 Å². The van der Waals surface area contributed by atoms with Crippen LogP contribution in [0.25, 0.3) is 0 Å². The highest BCUT2D eigenvalue weighted by atomic mass is 32.1. The van der Waals surface area contributed by atoms with Crippen LogP contribution in [0.5, 0.6) is 0 Å². The van der Waals surface area contributed by atoms with Gasteiger partial charge in [0.25, 0.3) is 5.91 Å². The number of carbonyl (C=O) groups is 2. The van der Waals surface area contributed by atoms with Gasteiger partial charge < -0.3 is 15.2 Å². The van der Waals surface area contributed by atoms with Crippen LogP contribution in [0.3, 0.4) is 0 Å². The van der Waals surface area contributed by atoms with E-state index in [-0.39, 0.29) is 16.6 Å². The van der Waals surface area contributed by atoms with Gasteiger partial charge in [0, 0.05) is 16.9 Å². The van der Waals surface area contributed by atoms with Crippen LogP contribution < -0.4 is 10.6 Å². The molecule has 0 saturated heterocycles. The Morgan fingerprint density at radius 1 is 1.26 bits per heavy atom. The maximum absolute atomic E-state index is 12.3. The number of thiocarbonyl (C=S) groups is 1. The molecule has 3 N–H and O–H groups in total. The monoisotopic (exact) mass is 404 g/mol. The third-order valence-corrected chi connectivity index (χ3v) is 5.59. The predicted octanol–water partition coefficient (Wildman–Crippen LogP) is 3.73. The molecule has 27 heavy (non-hydrogen) atoms. The molecule has 0 radical (unpaired) electrons. The van der Waals surface area contributed by atoms with Crippen LogP contribution in [0.1, 0.15) is 50.6 Å². The van der Waals surface area contributed by atoms with Crippen LogP contribution in [-0.4, -0.2) is 27.7 Å². The number of fused-ring (bicyclic) bond motifs is 1. The SMILES string of the molecule is Cc1ccc(C(=O)NC(=S)Nc2sc3c(c2C(=O)O)CC(C)(C)OC3)cc1. The molecule has 0 bridgehead atoms. The average Bonchev–Trinajstić information content (AvgIpc) is 2.91. The number of aryl methyl sites for hydroxylation is 1. The Kier molecular flexibility index (Phi) is 5.32. The van der Waals surface area contributed by atoms with Crippen LogP contribution in [0, 0.1) is 6.92 Å². The Hall–Kier alpha value is -2.29. The van der Waals surface area contributed by atoms with Crippen LogP contribution in [-0.2, 0) is 17.8 Å². The molecule has 0 fully saturated rings. The van der Waals surface area contributed by atoms with Crippen molar-refractivity contribution >= 4 is 45.5 Å². The Morgan fingerprint density at radius 2 is 1.93 bits per heavy atom. The topological polar surface area (TPSA) is 87.7 Å². The second kappa shape index (κ2) is 7.38. The molecule has 0 saturated carbocycles. The molecule has 1 aromatic heterocycles. The van der Waals surface area contributed by atoms with Crippen LogP contribution in [0.15, 0.2) is 24.3 Å². The van der Waals surface area contributed by atoms with Crippen LogP contribution in [0.4, 0.5) is 5.00 Å². The molecule has 142 valence electrons. The van der Waals surface area contributed by atoms with Gasteiger partial charge in [0.05, 0.1) is 17.8 Å². The minimum Gasteiger partial charge on any atom is -0.478 e. The Morgan fingerprint density at radius 3 is 2.56 bits per heavy atom. The fourth-order valence-corrected chi connectivity index (χ4v) is 4.27. The summed E-state index contributed by atoms with van der Waals surface area (Å²) in [5, 5.41) is 15.6. The zero-order valence-corrected chi connectivity index (χ0v) is 16.8. The van der Waals surface area contributed by atoms with E-state index in [1.54, 1.807) is 12.1 Å². The second-order valence-corrected chi connectivity index (χ2v) is 8.53. The maximum atomic E-state index is 12.3. The number of benzene rings is 1. The van der Waals surface area contributed by atoms with Crippen LogP contribution in [0.2, 0.25) is 0 Å². The lowest BCUT2D eigenvalue weighted by Crippen LogP contribution is -2.34. The molecule has 1 amide bonds. The van der Waals surface area contributed by atoms with Gasteiger partial charge >= 0.3 is 5.97 Å². The number of thiophene rings is 1. The highest BCUT2D eigenvalue weighted by Gasteiger charge is 2.33. The molecule has 0 atom stereocenters. The minimum atomic E-state index is -1.03. The summed E-state index contributed by atoms with van der Waals surface area (Å²) in [7, 11) is 0. The van der Waals surface area contributed by atoms with Gasteiger partial charge in [0.1, 0.15) is 5.00 Å². The first-order valence-corrected chi connectivity index (χ1v) is 9.59. The highest BCUT2D eigenvalue weighted by molar-refractivity contribution is 7.80. The summed E-state index contributed by atoms with van der Waals surface area (Å²) in [6.45, 7) is 6.15. The number of carboxylic acid groups (broad SMARTS) is 1. The lowest BCUT2D eigenvalue weighted by Gasteiger charge is -2.30. The van der Waals surface area contributed by atoms with Crippen LogP contribution >= 0.6 is 23.6 Å². The molecule has 1 aliphatic rings. The number of anilines is 1. The molecule has 1 aliphatic heterocycles. The van der Waals surface area contributed by atoms with Gasteiger partial charge in [0.15, 0.2) is 5.11 Å². The van der Waals surface area contributed by atoms with Crippen molar-refractivity contribution in [2.45, 2.75) is 39.4 Å². The fourth-order valence-electron chi connectivity index (χ4n) is 2.88. The predicted molar refractivity (Wildman–Crippen MR) is 109 cm³/mol. The molecule has 0 aliphatic carbocycles. The van der Waals surface area contributed by atoms with E-state index in [4.69, 9.17) is 17.0 Å². The number of amides is 1. The van der Waals surface area contributed by atoms with E-state index in [1.807, 2.05) is 32.9 Å². The zero-order chi connectivity index (χ0) is 19.8. The average molecular weight is 405 g/mol. The fraction of sp³-hybridized carbons (Fsp3) is 0.316. The minimum absolute atomic E-state index is 0.0573. The van der Waals surface area contributed by atoms with Gasteiger partial charge in [-0.1, -0.05) is 17.7 Å². The van der Waals surface area contributed by atoms with Crippen molar-refractivity contribution in [3.8, 4) is 0 Å². The van der Waals surface area contributed by atoms with E-state index in [0.29, 0.717) is 23.6 Å². The summed E-state index contributed by atoms with van der Waals surface area (Å²) in [4.78, 5) is 25.0. The number of carboxylic acids is 1. The van der Waals surface area contributed by atoms with Gasteiger partial charge in [-0.2, -0.15) is 0 Å². The van der Waals surface area contributed by atoms with Crippen molar-refractivity contribution in [2.24, 2.45) is 0 Å². The van der Waals surface area contributed by atoms with Gasteiger partial charge in [-0.3, -0.25) is 10.1 Å². The number of nitrogens with one attached hydrogen (secondary N) is 2. The lowest BCUT2D eigenvalue weighted by molar-refractivity contribution is -0.0384. The quantitative estimate of drug-likeness (QED) is 0.676. The number of rotatable bonds is 3. The van der Waals surface area contributed by atoms with E-state index < -0.39 is 11.6 Å². The first kappa shape index (κ1) is 19.5. The normalized spacial score (nSPS) is 14.9. The number of carbonyl (C=O) groups excluding carboxylic acids is 1. The van der Waals surface area contributed by atoms with Crippen molar-refractivity contribution in [1.82, 2.24) is 5.32 Å². The number of ether oxygens (including phenoxy) is 1. The van der Waals surface area contributed by atoms with E-state index >= 15 is 0 Å². The van der Waals surface area contributed by atoms with Gasteiger partial charge in [-0.05, 0) is 50.7 Å². The summed E-state index contributed by atoms with van der Waals surface area (Å²) < 4.78 is 5.76. The summed E-state index contributed by atoms with van der Waals surface area (Å²) in [6, 6.07) is 7.09. The third-order valence-electron chi connectivity index (χ3n) is 4.27.